The first kappa shape index (κ1) is 25.9. The number of hydrogen-bond acceptors (Lipinski definition) is 7. The number of phenolic OH excluding ortho intramolecular Hbond substituents is 1. The Labute approximate surface area is 210 Å². The fraction of sp³-hybridized carbons (Fsp3) is 0.483. The quantitative estimate of drug-likeness (QED) is 0.443. The van der Waals surface area contributed by atoms with Gasteiger partial charge in [-0.25, -0.2) is 0 Å². The van der Waals surface area contributed by atoms with Crippen LogP contribution in [0.3, 0.4) is 0 Å². The monoisotopic (exact) mass is 494 g/mol. The first-order chi connectivity index (χ1) is 16.6. The molecule has 0 heterocycles. The molecule has 1 unspecified atom stereocenters. The molecule has 3 aliphatic rings. The topological polar surface area (TPSA) is 132 Å². The molecule has 0 saturated heterocycles. The molecule has 0 aromatic heterocycles. The first-order valence-corrected chi connectivity index (χ1v) is 12.3. The van der Waals surface area contributed by atoms with Crippen LogP contribution in [0.2, 0.25) is 0 Å². The number of aromatic hydroxyl groups is 1. The zero-order valence-corrected chi connectivity index (χ0v) is 21.7. The summed E-state index contributed by atoms with van der Waals surface area (Å²) in [5, 5.41) is 45.5. The predicted molar refractivity (Wildman–Crippen MR) is 135 cm³/mol. The number of allylic oxidation sites excluding steroid dienone is 3. The maximum absolute atomic E-state index is 13.9. The van der Waals surface area contributed by atoms with Gasteiger partial charge in [0.15, 0.2) is 17.2 Å². The highest BCUT2D eigenvalue weighted by Gasteiger charge is 2.71. The van der Waals surface area contributed by atoms with Gasteiger partial charge < -0.3 is 20.4 Å². The van der Waals surface area contributed by atoms with Crippen LogP contribution in [0.5, 0.6) is 5.75 Å². The number of aliphatic hydroxyl groups is 3. The molecule has 1 aromatic carbocycles. The molecule has 3 aliphatic carbocycles. The van der Waals surface area contributed by atoms with Gasteiger partial charge in [0.1, 0.15) is 22.8 Å². The van der Waals surface area contributed by atoms with Crippen LogP contribution >= 0.6 is 0 Å². The second-order valence-corrected chi connectivity index (χ2v) is 11.4. The van der Waals surface area contributed by atoms with E-state index in [1.165, 1.54) is 6.07 Å². The summed E-state index contributed by atoms with van der Waals surface area (Å²) in [7, 11) is 0. The molecule has 0 bridgehead atoms. The zero-order valence-electron chi connectivity index (χ0n) is 21.7. The van der Waals surface area contributed by atoms with E-state index < -0.39 is 56.8 Å². The van der Waals surface area contributed by atoms with Crippen LogP contribution in [0.15, 0.2) is 41.4 Å². The standard InChI is InChI=1S/C29H34O7/c1-8-14(4)16-9-10-18(31)20-17(16)11-27(6)12-28(7)21(13(2)3)23(32)19(15(5)30)25(34)29(28,36)26(35)22(27)24(20)33/h9-10,13,21,31-32,35-36H,4,8,11-12H2,1-3,5-7H3/t21?,27-,28-,29+/m1/s1. The van der Waals surface area contributed by atoms with Crippen molar-refractivity contribution in [2.24, 2.45) is 22.7 Å². The maximum atomic E-state index is 13.9. The molecular formula is C29H34O7. The van der Waals surface area contributed by atoms with E-state index in [-0.39, 0.29) is 35.6 Å². The summed E-state index contributed by atoms with van der Waals surface area (Å²) in [6, 6.07) is 3.13. The van der Waals surface area contributed by atoms with Crippen molar-refractivity contribution in [2.45, 2.75) is 66.4 Å². The number of rotatable bonds is 4. The Morgan fingerprint density at radius 2 is 1.78 bits per heavy atom. The molecule has 0 amide bonds. The molecule has 0 spiro atoms. The summed E-state index contributed by atoms with van der Waals surface area (Å²) in [5.41, 5.74) is -3.62. The SMILES string of the molecule is C=C(CC)c1ccc(O)c2c1C[C@]1(C)C[C@]3(C)C(C(C)C)C(O)=C(C(C)=O)C(=O)[C@]3(O)C(O)=C1C2=O. The van der Waals surface area contributed by atoms with Crippen LogP contribution in [0.1, 0.15) is 75.9 Å². The molecule has 4 rings (SSSR count). The number of Topliss-reactive ketones (excluding diaryl/α,β-unsaturated/α-hetero) is 3. The summed E-state index contributed by atoms with van der Waals surface area (Å²) < 4.78 is 0. The van der Waals surface area contributed by atoms with Crippen molar-refractivity contribution in [1.82, 2.24) is 0 Å². The Bertz CT molecular complexity index is 1310. The zero-order chi connectivity index (χ0) is 27.1. The Morgan fingerprint density at radius 3 is 2.31 bits per heavy atom. The van der Waals surface area contributed by atoms with Crippen LogP contribution in [0.4, 0.5) is 0 Å². The lowest BCUT2D eigenvalue weighted by Gasteiger charge is -2.59. The minimum absolute atomic E-state index is 0.0159. The highest BCUT2D eigenvalue weighted by molar-refractivity contribution is 6.25. The van der Waals surface area contributed by atoms with E-state index in [4.69, 9.17) is 0 Å². The number of ketones is 3. The molecule has 4 atom stereocenters. The highest BCUT2D eigenvalue weighted by atomic mass is 16.3. The first-order valence-electron chi connectivity index (χ1n) is 12.3. The van der Waals surface area contributed by atoms with Crippen molar-refractivity contribution in [3.05, 3.63) is 58.1 Å². The number of hydrogen-bond donors (Lipinski definition) is 4. The smallest absolute Gasteiger partial charge is 0.209 e. The van der Waals surface area contributed by atoms with Crippen LogP contribution in [0.25, 0.3) is 5.57 Å². The van der Waals surface area contributed by atoms with E-state index in [1.807, 2.05) is 6.92 Å². The average Bonchev–Trinajstić information content (AvgIpc) is 2.75. The van der Waals surface area contributed by atoms with Crippen molar-refractivity contribution in [2.75, 3.05) is 0 Å². The summed E-state index contributed by atoms with van der Waals surface area (Å²) in [5.74, 6) is -5.14. The molecule has 0 aliphatic heterocycles. The molecule has 192 valence electrons. The van der Waals surface area contributed by atoms with Crippen molar-refractivity contribution >= 4 is 22.9 Å². The molecule has 0 fully saturated rings. The third-order valence-electron chi connectivity index (χ3n) is 8.70. The second kappa shape index (κ2) is 7.90. The van der Waals surface area contributed by atoms with Crippen LogP contribution < -0.4 is 0 Å². The Balaban J connectivity index is 2.08. The molecule has 0 radical (unpaired) electrons. The summed E-state index contributed by atoms with van der Waals surface area (Å²) in [6.45, 7) is 14.2. The van der Waals surface area contributed by atoms with Crippen molar-refractivity contribution in [3.63, 3.8) is 0 Å². The number of aliphatic hydroxyl groups excluding tert-OH is 2. The highest BCUT2D eigenvalue weighted by Crippen LogP contribution is 2.65. The minimum Gasteiger partial charge on any atom is -0.511 e. The van der Waals surface area contributed by atoms with Gasteiger partial charge in [0.25, 0.3) is 0 Å². The normalized spacial score (nSPS) is 31.8. The maximum Gasteiger partial charge on any atom is 0.209 e. The number of carbonyl (C=O) groups is 3. The van der Waals surface area contributed by atoms with Gasteiger partial charge in [-0.15, -0.1) is 0 Å². The van der Waals surface area contributed by atoms with Crippen molar-refractivity contribution < 1.29 is 34.8 Å². The third-order valence-corrected chi connectivity index (χ3v) is 8.70. The fourth-order valence-electron chi connectivity index (χ4n) is 7.25. The van der Waals surface area contributed by atoms with E-state index in [0.29, 0.717) is 12.0 Å². The van der Waals surface area contributed by atoms with Gasteiger partial charge in [-0.1, -0.05) is 47.3 Å². The van der Waals surface area contributed by atoms with Gasteiger partial charge >= 0.3 is 0 Å². The Kier molecular flexibility index (Phi) is 5.68. The molecule has 36 heavy (non-hydrogen) atoms. The van der Waals surface area contributed by atoms with Crippen LogP contribution in [-0.4, -0.2) is 43.4 Å². The predicted octanol–water partition coefficient (Wildman–Crippen LogP) is 4.77. The summed E-state index contributed by atoms with van der Waals surface area (Å²) in [4.78, 5) is 40.0. The van der Waals surface area contributed by atoms with E-state index in [9.17, 15) is 34.8 Å². The van der Waals surface area contributed by atoms with Gasteiger partial charge in [-0.3, -0.25) is 14.4 Å². The van der Waals surface area contributed by atoms with Gasteiger partial charge in [0.2, 0.25) is 5.78 Å². The van der Waals surface area contributed by atoms with Gasteiger partial charge in [0, 0.05) is 22.3 Å². The van der Waals surface area contributed by atoms with Crippen LogP contribution in [0, 0.1) is 22.7 Å². The fourth-order valence-corrected chi connectivity index (χ4v) is 7.25. The van der Waals surface area contributed by atoms with Crippen LogP contribution in [-0.2, 0) is 16.0 Å². The van der Waals surface area contributed by atoms with E-state index >= 15 is 0 Å². The Morgan fingerprint density at radius 1 is 1.17 bits per heavy atom. The van der Waals surface area contributed by atoms with E-state index in [2.05, 4.69) is 6.58 Å². The number of benzene rings is 1. The Hall–Kier alpha value is -3.19. The van der Waals surface area contributed by atoms with Gasteiger partial charge in [-0.2, -0.15) is 0 Å². The minimum atomic E-state index is -2.60. The second-order valence-electron chi connectivity index (χ2n) is 11.4. The lowest BCUT2D eigenvalue weighted by Crippen LogP contribution is -2.67. The average molecular weight is 495 g/mol. The molecular weight excluding hydrogens is 460 g/mol. The van der Waals surface area contributed by atoms with E-state index in [1.54, 1.807) is 33.8 Å². The molecule has 4 N–H and O–H groups in total. The number of carbonyl (C=O) groups excluding carboxylic acids is 3. The number of fused-ring (bicyclic) bond motifs is 3. The molecule has 1 aromatic rings. The van der Waals surface area contributed by atoms with Gasteiger partial charge in [0.05, 0.1) is 5.56 Å². The van der Waals surface area contributed by atoms with Gasteiger partial charge in [-0.05, 0) is 54.9 Å². The lowest BCUT2D eigenvalue weighted by molar-refractivity contribution is -0.171. The number of phenols is 1. The molecule has 7 nitrogen and oxygen atoms in total. The summed E-state index contributed by atoms with van der Waals surface area (Å²) >= 11 is 0. The third kappa shape index (κ3) is 2.98. The van der Waals surface area contributed by atoms with Crippen molar-refractivity contribution in [3.8, 4) is 5.75 Å². The largest absolute Gasteiger partial charge is 0.511 e. The molecule has 0 saturated carbocycles. The lowest BCUT2D eigenvalue weighted by atomic mass is 9.44. The van der Waals surface area contributed by atoms with Crippen molar-refractivity contribution in [1.29, 1.82) is 0 Å². The summed E-state index contributed by atoms with van der Waals surface area (Å²) in [6.07, 6.45) is 0.938. The molecule has 7 heteroatoms. The van der Waals surface area contributed by atoms with E-state index in [0.717, 1.165) is 18.1 Å².